The van der Waals surface area contributed by atoms with Crippen LogP contribution in [0.25, 0.3) is 0 Å². The number of carbonyl (C=O) groups is 1. The summed E-state index contributed by atoms with van der Waals surface area (Å²) in [4.78, 5) is 11.6. The Morgan fingerprint density at radius 3 is 2.47 bits per heavy atom. The van der Waals surface area contributed by atoms with Gasteiger partial charge in [0.05, 0.1) is 19.8 Å². The fourth-order valence-electron chi connectivity index (χ4n) is 1.88. The molecule has 0 aromatic heterocycles. The highest BCUT2D eigenvalue weighted by molar-refractivity contribution is 5.74. The Labute approximate surface area is 101 Å². The Balaban J connectivity index is 2.74. The molecule has 0 amide bonds. The van der Waals surface area contributed by atoms with Crippen molar-refractivity contribution in [2.24, 2.45) is 5.92 Å². The highest BCUT2D eigenvalue weighted by atomic mass is 16.7. The second-order valence-electron chi connectivity index (χ2n) is 3.69. The smallest absolute Gasteiger partial charge is 0.314 e. The van der Waals surface area contributed by atoms with E-state index in [4.69, 9.17) is 14.2 Å². The zero-order chi connectivity index (χ0) is 12.8. The van der Waals surface area contributed by atoms with Crippen molar-refractivity contribution in [1.82, 2.24) is 0 Å². The minimum absolute atomic E-state index is 0.0844. The van der Waals surface area contributed by atoms with Crippen LogP contribution < -0.4 is 0 Å². The van der Waals surface area contributed by atoms with Crippen LogP contribution in [0.1, 0.15) is 13.8 Å². The first kappa shape index (κ1) is 14.4. The van der Waals surface area contributed by atoms with E-state index in [-0.39, 0.29) is 6.61 Å². The average molecular weight is 248 g/mol. The van der Waals surface area contributed by atoms with Crippen LogP contribution in [0.2, 0.25) is 0 Å². The van der Waals surface area contributed by atoms with Crippen LogP contribution in [0.5, 0.6) is 0 Å². The third kappa shape index (κ3) is 3.38. The van der Waals surface area contributed by atoms with Crippen LogP contribution in [0.4, 0.5) is 0 Å². The van der Waals surface area contributed by atoms with E-state index in [2.05, 4.69) is 4.74 Å². The molecule has 100 valence electrons. The first-order chi connectivity index (χ1) is 8.15. The second-order valence-corrected chi connectivity index (χ2v) is 3.69. The van der Waals surface area contributed by atoms with Crippen LogP contribution in [0, 0.1) is 5.92 Å². The molecule has 1 aliphatic heterocycles. The lowest BCUT2D eigenvalue weighted by Gasteiger charge is -2.26. The van der Waals surface area contributed by atoms with Crippen LogP contribution in [0.3, 0.4) is 0 Å². The van der Waals surface area contributed by atoms with Gasteiger partial charge in [0.1, 0.15) is 12.0 Å². The molecule has 3 atom stereocenters. The summed E-state index contributed by atoms with van der Waals surface area (Å²) in [5.41, 5.74) is 0. The van der Waals surface area contributed by atoms with Gasteiger partial charge in [0, 0.05) is 13.2 Å². The molecule has 1 N–H and O–H groups in total. The maximum atomic E-state index is 11.6. The average Bonchev–Trinajstić information content (AvgIpc) is 2.70. The number of methoxy groups -OCH3 is 1. The normalized spacial score (nSPS) is 28.6. The van der Waals surface area contributed by atoms with Gasteiger partial charge in [-0.2, -0.15) is 0 Å². The van der Waals surface area contributed by atoms with Gasteiger partial charge in [0.2, 0.25) is 0 Å². The van der Waals surface area contributed by atoms with Crippen molar-refractivity contribution in [2.45, 2.75) is 32.3 Å². The zero-order valence-corrected chi connectivity index (χ0v) is 10.4. The highest BCUT2D eigenvalue weighted by Crippen LogP contribution is 2.27. The van der Waals surface area contributed by atoms with Crippen molar-refractivity contribution in [3.63, 3.8) is 0 Å². The number of hydrogen-bond acceptors (Lipinski definition) is 6. The molecule has 0 radical (unpaired) electrons. The van der Waals surface area contributed by atoms with Gasteiger partial charge in [0.15, 0.2) is 6.29 Å². The molecule has 0 unspecified atom stereocenters. The van der Waals surface area contributed by atoms with Gasteiger partial charge in [-0.1, -0.05) is 0 Å². The van der Waals surface area contributed by atoms with Crippen molar-refractivity contribution in [3.8, 4) is 0 Å². The molecule has 1 fully saturated rings. The molecule has 1 saturated heterocycles. The molecule has 6 nitrogen and oxygen atoms in total. The van der Waals surface area contributed by atoms with Gasteiger partial charge in [-0.3, -0.25) is 4.79 Å². The predicted molar refractivity (Wildman–Crippen MR) is 58.3 cm³/mol. The summed E-state index contributed by atoms with van der Waals surface area (Å²) < 4.78 is 20.8. The second kappa shape index (κ2) is 6.90. The van der Waals surface area contributed by atoms with E-state index in [0.717, 1.165) is 0 Å². The van der Waals surface area contributed by atoms with Crippen molar-refractivity contribution < 1.29 is 28.8 Å². The van der Waals surface area contributed by atoms with Gasteiger partial charge in [-0.25, -0.2) is 0 Å². The highest BCUT2D eigenvalue weighted by Gasteiger charge is 2.47. The molecule has 0 aliphatic carbocycles. The van der Waals surface area contributed by atoms with Gasteiger partial charge >= 0.3 is 5.97 Å². The quantitative estimate of drug-likeness (QED) is 0.524. The van der Waals surface area contributed by atoms with Crippen molar-refractivity contribution in [3.05, 3.63) is 0 Å². The Kier molecular flexibility index (Phi) is 5.84. The number of aliphatic hydroxyl groups is 1. The Morgan fingerprint density at radius 2 is 2.00 bits per heavy atom. The van der Waals surface area contributed by atoms with Crippen molar-refractivity contribution in [1.29, 1.82) is 0 Å². The topological polar surface area (TPSA) is 74.2 Å². The number of ether oxygens (including phenoxy) is 4. The van der Waals surface area contributed by atoms with E-state index in [0.29, 0.717) is 13.2 Å². The number of rotatable bonds is 6. The minimum atomic E-state index is -0.879. The molecule has 0 spiro atoms. The molecule has 0 bridgehead atoms. The molecule has 0 aromatic carbocycles. The first-order valence-corrected chi connectivity index (χ1v) is 5.76. The Hall–Kier alpha value is -0.690. The van der Waals surface area contributed by atoms with E-state index in [1.165, 1.54) is 7.11 Å². The molecule has 6 heteroatoms. The Morgan fingerprint density at radius 1 is 1.41 bits per heavy atom. The SMILES string of the molecule is CCOC(OCC)[C@@H]1OC[C@@H](O)[C@H]1C(=O)OC. The van der Waals surface area contributed by atoms with E-state index < -0.39 is 30.4 Å². The Bertz CT molecular complexity index is 238. The van der Waals surface area contributed by atoms with Crippen LogP contribution in [-0.4, -0.2) is 56.5 Å². The van der Waals surface area contributed by atoms with E-state index in [9.17, 15) is 9.90 Å². The molecular weight excluding hydrogens is 228 g/mol. The maximum Gasteiger partial charge on any atom is 0.314 e. The molecule has 0 aromatic rings. The minimum Gasteiger partial charge on any atom is -0.469 e. The fraction of sp³-hybridized carbons (Fsp3) is 0.909. The first-order valence-electron chi connectivity index (χ1n) is 5.76. The monoisotopic (exact) mass is 248 g/mol. The third-order valence-corrected chi connectivity index (χ3v) is 2.63. The maximum absolute atomic E-state index is 11.6. The summed E-state index contributed by atoms with van der Waals surface area (Å²) in [7, 11) is 1.28. The van der Waals surface area contributed by atoms with Crippen molar-refractivity contribution >= 4 is 5.97 Å². The summed E-state index contributed by atoms with van der Waals surface area (Å²) in [5.74, 6) is -1.27. The summed E-state index contributed by atoms with van der Waals surface area (Å²) in [5, 5.41) is 9.71. The van der Waals surface area contributed by atoms with Gasteiger partial charge < -0.3 is 24.1 Å². The molecule has 1 aliphatic rings. The van der Waals surface area contributed by atoms with Gasteiger partial charge in [-0.15, -0.1) is 0 Å². The molecular formula is C11H20O6. The third-order valence-electron chi connectivity index (χ3n) is 2.63. The van der Waals surface area contributed by atoms with Crippen LogP contribution in [0.15, 0.2) is 0 Å². The van der Waals surface area contributed by atoms with Gasteiger partial charge in [-0.05, 0) is 13.8 Å². The number of hydrogen-bond donors (Lipinski definition) is 1. The lowest BCUT2D eigenvalue weighted by atomic mass is 9.99. The zero-order valence-electron chi connectivity index (χ0n) is 10.4. The number of aliphatic hydroxyl groups excluding tert-OH is 1. The summed E-state index contributed by atoms with van der Waals surface area (Å²) >= 11 is 0. The molecule has 1 rings (SSSR count). The van der Waals surface area contributed by atoms with E-state index >= 15 is 0 Å². The molecule has 1 heterocycles. The van der Waals surface area contributed by atoms with Crippen LogP contribution >= 0.6 is 0 Å². The van der Waals surface area contributed by atoms with E-state index in [1.54, 1.807) is 0 Å². The summed E-state index contributed by atoms with van der Waals surface area (Å²) in [6.07, 6.45) is -2.17. The number of esters is 1. The van der Waals surface area contributed by atoms with Crippen molar-refractivity contribution in [2.75, 3.05) is 26.9 Å². The lowest BCUT2D eigenvalue weighted by molar-refractivity contribution is -0.204. The summed E-state index contributed by atoms with van der Waals surface area (Å²) in [6.45, 7) is 4.61. The lowest BCUT2D eigenvalue weighted by Crippen LogP contribution is -2.42. The molecule has 17 heavy (non-hydrogen) atoms. The van der Waals surface area contributed by atoms with Crippen LogP contribution in [-0.2, 0) is 23.7 Å². The fourth-order valence-corrected chi connectivity index (χ4v) is 1.88. The largest absolute Gasteiger partial charge is 0.469 e. The summed E-state index contributed by atoms with van der Waals surface area (Å²) in [6, 6.07) is 0. The number of carbonyl (C=O) groups excluding carboxylic acids is 1. The van der Waals surface area contributed by atoms with E-state index in [1.807, 2.05) is 13.8 Å². The predicted octanol–water partition coefficient (Wildman–Crippen LogP) is -0.0656. The van der Waals surface area contributed by atoms with Gasteiger partial charge in [0.25, 0.3) is 0 Å². The molecule has 0 saturated carbocycles. The standard InChI is InChI=1S/C11H20O6/c1-4-15-11(16-5-2)9-8(10(13)14-3)7(12)6-17-9/h7-9,11-12H,4-6H2,1-3H3/t7-,8-,9-/m1/s1.